The summed E-state index contributed by atoms with van der Waals surface area (Å²) >= 11 is 0. The van der Waals surface area contributed by atoms with Crippen LogP contribution in [0.2, 0.25) is 0 Å². The van der Waals surface area contributed by atoms with E-state index >= 15 is 0 Å². The van der Waals surface area contributed by atoms with Crippen molar-refractivity contribution >= 4 is 17.6 Å². The number of nitrogens with zero attached hydrogens (tertiary/aromatic N) is 4. The Bertz CT molecular complexity index is 588. The van der Waals surface area contributed by atoms with Crippen molar-refractivity contribution in [3.05, 3.63) is 42.0 Å². The fraction of sp³-hybridized carbons (Fsp3) is 0.0909. The second-order valence-corrected chi connectivity index (χ2v) is 3.55. The van der Waals surface area contributed by atoms with Gasteiger partial charge in [0.25, 0.3) is 6.33 Å². The van der Waals surface area contributed by atoms with Gasteiger partial charge in [0.2, 0.25) is 0 Å². The Hall–Kier alpha value is 0.609. The van der Waals surface area contributed by atoms with Gasteiger partial charge in [0.15, 0.2) is 5.82 Å². The predicted octanol–water partition coefficient (Wildman–Crippen LogP) is -2.15. The maximum Gasteiger partial charge on any atom is 1.00 e. The molecule has 0 atom stereocenters. The summed E-state index contributed by atoms with van der Waals surface area (Å²) in [4.78, 5) is 4.42. The van der Waals surface area contributed by atoms with Crippen molar-refractivity contribution in [2.45, 2.75) is 6.92 Å². The number of rotatable bonds is 1. The Morgan fingerprint density at radius 2 is 2.00 bits per heavy atom. The summed E-state index contributed by atoms with van der Waals surface area (Å²) in [5.41, 5.74) is 2.73. The summed E-state index contributed by atoms with van der Waals surface area (Å²) in [6, 6.07) is 7.95. The van der Waals surface area contributed by atoms with Crippen LogP contribution in [0.5, 0.6) is 0 Å². The zero-order chi connectivity index (χ0) is 11.0. The van der Waals surface area contributed by atoms with E-state index in [0.717, 1.165) is 5.69 Å². The summed E-state index contributed by atoms with van der Waals surface area (Å²) < 4.78 is 1.60. The molecule has 3 rings (SSSR count). The van der Waals surface area contributed by atoms with Crippen molar-refractivity contribution in [2.24, 2.45) is 10.1 Å². The predicted molar refractivity (Wildman–Crippen MR) is 59.0 cm³/mol. The van der Waals surface area contributed by atoms with Crippen LogP contribution in [0.3, 0.4) is 0 Å². The van der Waals surface area contributed by atoms with Crippen LogP contribution >= 0.6 is 0 Å². The number of aromatic amines is 1. The number of benzene rings is 1. The van der Waals surface area contributed by atoms with Crippen LogP contribution in [0, 0.1) is 6.92 Å². The van der Waals surface area contributed by atoms with E-state index in [4.69, 9.17) is 0 Å². The van der Waals surface area contributed by atoms with Crippen molar-refractivity contribution in [2.75, 3.05) is 0 Å². The molecule has 1 aliphatic rings. The van der Waals surface area contributed by atoms with Crippen molar-refractivity contribution in [3.63, 3.8) is 0 Å². The van der Waals surface area contributed by atoms with E-state index in [2.05, 4.69) is 26.5 Å². The van der Waals surface area contributed by atoms with Gasteiger partial charge in [0.05, 0.1) is 5.69 Å². The van der Waals surface area contributed by atoms with Crippen molar-refractivity contribution in [1.82, 2.24) is 9.77 Å². The van der Waals surface area contributed by atoms with Crippen LogP contribution in [0.4, 0.5) is 5.69 Å². The number of H-pyrrole nitrogens is 1. The van der Waals surface area contributed by atoms with E-state index in [1.165, 1.54) is 5.56 Å². The number of fused-ring (bicyclic) bond motifs is 1. The summed E-state index contributed by atoms with van der Waals surface area (Å²) in [5, 5.41) is 10.8. The smallest absolute Gasteiger partial charge is 0.281 e. The average molecular weight is 386 g/mol. The van der Waals surface area contributed by atoms with E-state index in [-0.39, 0.29) is 90.9 Å². The van der Waals surface area contributed by atoms with Crippen molar-refractivity contribution in [3.8, 4) is 0 Å². The summed E-state index contributed by atoms with van der Waals surface area (Å²) in [5.74, 6) is 0.681. The molecule has 0 bridgehead atoms. The maximum atomic E-state index is 4.42. The topological polar surface area (TPSA) is 56.7 Å². The molecule has 18 heavy (non-hydrogen) atoms. The molecule has 2 heterocycles. The van der Waals surface area contributed by atoms with Gasteiger partial charge in [-0.3, -0.25) is 4.99 Å². The third-order valence-corrected chi connectivity index (χ3v) is 2.32. The third-order valence-electron chi connectivity index (χ3n) is 2.32. The monoisotopic (exact) mass is 385 g/mol. The first kappa shape index (κ1) is 16.7. The third kappa shape index (κ3) is 3.58. The normalized spacial score (nSPS) is 13.9. The Kier molecular flexibility index (Phi) is 6.86. The van der Waals surface area contributed by atoms with E-state index in [9.17, 15) is 0 Å². The Morgan fingerprint density at radius 3 is 2.72 bits per heavy atom. The van der Waals surface area contributed by atoms with E-state index in [1.54, 1.807) is 11.0 Å². The Balaban J connectivity index is 0.000000810. The molecule has 0 aliphatic carbocycles. The van der Waals surface area contributed by atoms with Gasteiger partial charge in [-0.2, -0.15) is 9.77 Å². The quantitative estimate of drug-likeness (QED) is 0.517. The number of aromatic nitrogens is 3. The molecular weight excluding hydrogens is 377 g/mol. The molecule has 0 amide bonds. The van der Waals surface area contributed by atoms with Gasteiger partial charge in [0.1, 0.15) is 0 Å². The molecule has 1 aromatic heterocycles. The summed E-state index contributed by atoms with van der Waals surface area (Å²) in [7, 11) is 0. The van der Waals surface area contributed by atoms with Crippen LogP contribution in [0.25, 0.3) is 0 Å². The van der Waals surface area contributed by atoms with E-state index in [0.29, 0.717) is 11.5 Å². The first-order valence-electron chi connectivity index (χ1n) is 4.91. The largest absolute Gasteiger partial charge is 1.00 e. The van der Waals surface area contributed by atoms with Crippen molar-refractivity contribution < 1.29 is 96.0 Å². The molecule has 0 saturated carbocycles. The molecule has 0 saturated heterocycles. The van der Waals surface area contributed by atoms with Crippen LogP contribution < -0.4 is 63.3 Å². The number of hydrogen-bond donors (Lipinski definition) is 0. The number of hydrogen-bond acceptors (Lipinski definition) is 3. The fourth-order valence-corrected chi connectivity index (χ4v) is 1.47. The maximum absolute atomic E-state index is 4.42. The number of nitrogens with one attached hydrogen (secondary N) is 1. The average Bonchev–Trinajstić information content (AvgIpc) is 2.86. The summed E-state index contributed by atoms with van der Waals surface area (Å²) in [6.45, 7) is 2.04. The van der Waals surface area contributed by atoms with E-state index < -0.39 is 0 Å². The van der Waals surface area contributed by atoms with Gasteiger partial charge in [0, 0.05) is 32.7 Å². The zero-order valence-corrected chi connectivity index (χ0v) is 18.0. The minimum absolute atomic E-state index is 0. The zero-order valence-electron chi connectivity index (χ0n) is 10.3. The molecule has 0 spiro atoms. The minimum Gasteiger partial charge on any atom is -0.281 e. The second kappa shape index (κ2) is 7.41. The molecule has 1 N–H and O–H groups in total. The molecule has 0 unspecified atom stereocenters. The molecule has 1 aliphatic heterocycles. The van der Waals surface area contributed by atoms with Gasteiger partial charge < -0.3 is 0 Å². The molecule has 5 nitrogen and oxygen atoms in total. The van der Waals surface area contributed by atoms with Gasteiger partial charge in [-0.1, -0.05) is 23.9 Å². The van der Waals surface area contributed by atoms with Gasteiger partial charge in [-0.15, -0.1) is 5.10 Å². The minimum atomic E-state index is 0. The molecular formula is C11H9N5RbY+. The number of aryl methyl sites for hydroxylation is 1. The first-order chi connectivity index (χ1) is 7.83. The SMILES string of the molecule is Cc1ccc(N=C2[C-]=Nn3c[nH+]nc32)cc1.[Rb+].[Y]. The number of aliphatic imine (C=N–C) groups is 1. The van der Waals surface area contributed by atoms with Crippen LogP contribution in [-0.2, 0) is 32.7 Å². The Morgan fingerprint density at radius 1 is 1.28 bits per heavy atom. The molecule has 0 fully saturated rings. The van der Waals surface area contributed by atoms with Crippen LogP contribution in [-0.4, -0.2) is 21.7 Å². The molecule has 81 valence electrons. The van der Waals surface area contributed by atoms with E-state index in [1.807, 2.05) is 31.2 Å². The molecule has 1 aromatic carbocycles. The summed E-state index contributed by atoms with van der Waals surface area (Å²) in [6.07, 6.45) is 4.47. The fourth-order valence-electron chi connectivity index (χ4n) is 1.47. The molecule has 1 radical (unpaired) electrons. The first-order valence-corrected chi connectivity index (χ1v) is 4.91. The van der Waals surface area contributed by atoms with Gasteiger partial charge >= 0.3 is 58.2 Å². The molecule has 7 heteroatoms. The second-order valence-electron chi connectivity index (χ2n) is 3.55. The van der Waals surface area contributed by atoms with Crippen molar-refractivity contribution in [1.29, 1.82) is 0 Å². The standard InChI is InChI=1S/C11H8N5.Rb.Y/c1-8-2-4-9(5-3-8)14-10-6-13-16-7-12-15-11(10)16;;/h2-5,7H,1H3;;/q-1;+1;/p+1. The molecule has 2 aromatic rings. The van der Waals surface area contributed by atoms with Gasteiger partial charge in [-0.25, -0.2) is 5.10 Å². The van der Waals surface area contributed by atoms with Crippen LogP contribution in [0.1, 0.15) is 11.4 Å². The van der Waals surface area contributed by atoms with Crippen LogP contribution in [0.15, 0.2) is 40.7 Å². The Labute approximate surface area is 179 Å². The van der Waals surface area contributed by atoms with Gasteiger partial charge in [-0.05, 0) is 24.8 Å².